The summed E-state index contributed by atoms with van der Waals surface area (Å²) >= 11 is 0. The van der Waals surface area contributed by atoms with Gasteiger partial charge in [-0.25, -0.2) is 4.79 Å². The molecule has 8 nitrogen and oxygen atoms in total. The van der Waals surface area contributed by atoms with Crippen LogP contribution in [-0.4, -0.2) is 48.1 Å². The molecule has 4 N–H and O–H groups in total. The first-order valence-electron chi connectivity index (χ1n) is 6.05. The van der Waals surface area contributed by atoms with Gasteiger partial charge in [0.25, 0.3) is 5.56 Å². The summed E-state index contributed by atoms with van der Waals surface area (Å²) in [5, 5.41) is 8.99. The van der Waals surface area contributed by atoms with Crippen LogP contribution in [0.5, 0.6) is 0 Å². The molecular weight excluding hydrogens is 252 g/mol. The Bertz CT molecular complexity index is 559. The van der Waals surface area contributed by atoms with Gasteiger partial charge in [0.15, 0.2) is 0 Å². The van der Waals surface area contributed by atoms with E-state index in [-0.39, 0.29) is 24.9 Å². The number of rotatable bonds is 5. The molecule has 2 heterocycles. The second-order valence-corrected chi connectivity index (χ2v) is 4.59. The third kappa shape index (κ3) is 2.49. The van der Waals surface area contributed by atoms with Crippen molar-refractivity contribution < 1.29 is 9.84 Å². The summed E-state index contributed by atoms with van der Waals surface area (Å²) in [5.74, 6) is 0.292. The van der Waals surface area contributed by atoms with Crippen LogP contribution >= 0.6 is 0 Å². The maximum Gasteiger partial charge on any atom is 0.330 e. The summed E-state index contributed by atoms with van der Waals surface area (Å²) in [6.07, 6.45) is 0. The Balaban J connectivity index is 2.33. The second-order valence-electron chi connectivity index (χ2n) is 4.59. The van der Waals surface area contributed by atoms with Crippen LogP contribution in [0.3, 0.4) is 0 Å². The van der Waals surface area contributed by atoms with Gasteiger partial charge in [-0.15, -0.1) is 0 Å². The number of nitrogens with one attached hydrogen (secondary N) is 1. The Morgan fingerprint density at radius 1 is 1.47 bits per heavy atom. The molecule has 106 valence electrons. The fourth-order valence-corrected chi connectivity index (χ4v) is 2.16. The molecule has 0 spiro atoms. The zero-order chi connectivity index (χ0) is 14.0. The van der Waals surface area contributed by atoms with Crippen LogP contribution in [0.2, 0.25) is 0 Å². The largest absolute Gasteiger partial charge is 0.396 e. The van der Waals surface area contributed by atoms with Crippen molar-refractivity contribution in [1.82, 2.24) is 9.55 Å². The molecule has 1 aliphatic rings. The lowest BCUT2D eigenvalue weighted by Crippen LogP contribution is -2.52. The van der Waals surface area contributed by atoms with Gasteiger partial charge in [0.2, 0.25) is 0 Å². The number of aliphatic hydroxyl groups excluding tert-OH is 1. The number of aliphatic hydroxyl groups is 1. The van der Waals surface area contributed by atoms with E-state index in [0.717, 1.165) is 0 Å². The van der Waals surface area contributed by atoms with E-state index < -0.39 is 11.2 Å². The Kier molecular flexibility index (Phi) is 3.91. The van der Waals surface area contributed by atoms with Crippen molar-refractivity contribution >= 4 is 11.5 Å². The van der Waals surface area contributed by atoms with Crippen molar-refractivity contribution in [3.05, 3.63) is 20.8 Å². The minimum atomic E-state index is -0.539. The van der Waals surface area contributed by atoms with Crippen molar-refractivity contribution in [1.29, 1.82) is 0 Å². The molecule has 0 atom stereocenters. The van der Waals surface area contributed by atoms with Crippen LogP contribution in [0.25, 0.3) is 0 Å². The lowest BCUT2D eigenvalue weighted by atomic mass is 10.0. The topological polar surface area (TPSA) is 114 Å². The van der Waals surface area contributed by atoms with Gasteiger partial charge in [-0.05, 0) is 0 Å². The number of H-pyrrole nitrogens is 1. The molecule has 2 rings (SSSR count). The van der Waals surface area contributed by atoms with Gasteiger partial charge >= 0.3 is 5.69 Å². The Hall–Kier alpha value is -1.80. The number of nitrogens with two attached hydrogens (primary N) is 1. The zero-order valence-corrected chi connectivity index (χ0v) is 10.8. The van der Waals surface area contributed by atoms with Gasteiger partial charge in [-0.1, -0.05) is 0 Å². The number of aromatic amines is 1. The van der Waals surface area contributed by atoms with Gasteiger partial charge in [-0.2, -0.15) is 0 Å². The number of anilines is 2. The number of methoxy groups -OCH3 is 1. The molecule has 0 aromatic carbocycles. The molecule has 1 saturated heterocycles. The zero-order valence-electron chi connectivity index (χ0n) is 10.8. The summed E-state index contributed by atoms with van der Waals surface area (Å²) in [5.41, 5.74) is 5.17. The van der Waals surface area contributed by atoms with Crippen LogP contribution in [0.4, 0.5) is 11.5 Å². The quantitative estimate of drug-likeness (QED) is 0.581. The highest BCUT2D eigenvalue weighted by Gasteiger charge is 2.30. The molecule has 8 heteroatoms. The highest BCUT2D eigenvalue weighted by molar-refractivity contribution is 5.63. The SMILES string of the molecule is COCCn1c(N)c(N2CC(CO)C2)c(=O)[nH]c1=O. The predicted molar refractivity (Wildman–Crippen MR) is 70.4 cm³/mol. The Morgan fingerprint density at radius 3 is 2.74 bits per heavy atom. The first kappa shape index (κ1) is 13.6. The van der Waals surface area contributed by atoms with Gasteiger partial charge in [0.1, 0.15) is 11.5 Å². The Labute approximate surface area is 109 Å². The van der Waals surface area contributed by atoms with E-state index in [0.29, 0.717) is 25.4 Å². The van der Waals surface area contributed by atoms with Gasteiger partial charge in [0.05, 0.1) is 13.2 Å². The lowest BCUT2D eigenvalue weighted by molar-refractivity contribution is 0.186. The maximum atomic E-state index is 11.8. The molecule has 0 unspecified atom stereocenters. The van der Waals surface area contributed by atoms with Crippen molar-refractivity contribution in [3.63, 3.8) is 0 Å². The van der Waals surface area contributed by atoms with Crippen molar-refractivity contribution in [2.45, 2.75) is 6.54 Å². The first-order chi connectivity index (χ1) is 9.08. The van der Waals surface area contributed by atoms with E-state index in [4.69, 9.17) is 15.6 Å². The number of ether oxygens (including phenoxy) is 1. The van der Waals surface area contributed by atoms with Crippen LogP contribution in [0, 0.1) is 5.92 Å². The summed E-state index contributed by atoms with van der Waals surface area (Å²) in [4.78, 5) is 27.5. The van der Waals surface area contributed by atoms with Crippen LogP contribution in [-0.2, 0) is 11.3 Å². The van der Waals surface area contributed by atoms with Crippen LogP contribution < -0.4 is 21.9 Å². The summed E-state index contributed by atoms with van der Waals surface area (Å²) in [6.45, 7) is 1.81. The molecule has 0 radical (unpaired) electrons. The van der Waals surface area contributed by atoms with E-state index in [1.54, 1.807) is 4.90 Å². The number of nitrogens with zero attached hydrogens (tertiary/aromatic N) is 2. The van der Waals surface area contributed by atoms with Gasteiger partial charge in [-0.3, -0.25) is 14.3 Å². The van der Waals surface area contributed by atoms with Crippen LogP contribution in [0.15, 0.2) is 9.59 Å². The second kappa shape index (κ2) is 5.45. The standard InChI is InChI=1S/C11H18N4O4/c1-19-3-2-15-9(12)8(10(17)13-11(15)18)14-4-7(5-14)6-16/h7,16H,2-6,12H2,1H3,(H,13,17,18). The number of hydrogen-bond acceptors (Lipinski definition) is 6. The van der Waals surface area contributed by atoms with Gasteiger partial charge in [0, 0.05) is 32.7 Å². The van der Waals surface area contributed by atoms with E-state index >= 15 is 0 Å². The van der Waals surface area contributed by atoms with Gasteiger partial charge < -0.3 is 20.5 Å². The fourth-order valence-electron chi connectivity index (χ4n) is 2.16. The molecular formula is C11H18N4O4. The molecule has 0 amide bonds. The number of aromatic nitrogens is 2. The molecule has 0 bridgehead atoms. The van der Waals surface area contributed by atoms with Crippen LogP contribution in [0.1, 0.15) is 0 Å². The van der Waals surface area contributed by atoms with Crippen molar-refractivity contribution in [2.24, 2.45) is 5.92 Å². The predicted octanol–water partition coefficient (Wildman–Crippen LogP) is -1.81. The minimum Gasteiger partial charge on any atom is -0.396 e. The van der Waals surface area contributed by atoms with Crippen molar-refractivity contribution in [2.75, 3.05) is 44.0 Å². The highest BCUT2D eigenvalue weighted by atomic mass is 16.5. The Morgan fingerprint density at radius 2 is 2.16 bits per heavy atom. The molecule has 0 aliphatic carbocycles. The number of hydrogen-bond donors (Lipinski definition) is 3. The molecule has 19 heavy (non-hydrogen) atoms. The maximum absolute atomic E-state index is 11.8. The smallest absolute Gasteiger partial charge is 0.330 e. The molecule has 1 aromatic rings. The normalized spacial score (nSPS) is 15.6. The van der Waals surface area contributed by atoms with Crippen molar-refractivity contribution in [3.8, 4) is 0 Å². The first-order valence-corrected chi connectivity index (χ1v) is 6.05. The highest BCUT2D eigenvalue weighted by Crippen LogP contribution is 2.25. The molecule has 1 aliphatic heterocycles. The van der Waals surface area contributed by atoms with E-state index in [9.17, 15) is 9.59 Å². The number of nitrogen functional groups attached to an aromatic ring is 1. The molecule has 1 fully saturated rings. The molecule has 1 aromatic heterocycles. The summed E-state index contributed by atoms with van der Waals surface area (Å²) in [6, 6.07) is 0. The van der Waals surface area contributed by atoms with E-state index in [2.05, 4.69) is 4.98 Å². The lowest BCUT2D eigenvalue weighted by Gasteiger charge is -2.40. The summed E-state index contributed by atoms with van der Waals surface area (Å²) < 4.78 is 6.19. The van der Waals surface area contributed by atoms with E-state index in [1.165, 1.54) is 11.7 Å². The fraction of sp³-hybridized carbons (Fsp3) is 0.636. The summed E-state index contributed by atoms with van der Waals surface area (Å²) in [7, 11) is 1.52. The molecule has 0 saturated carbocycles. The minimum absolute atomic E-state index is 0.0810. The van der Waals surface area contributed by atoms with E-state index in [1.807, 2.05) is 0 Å². The monoisotopic (exact) mass is 270 g/mol. The third-order valence-electron chi connectivity index (χ3n) is 3.26. The average Bonchev–Trinajstić information content (AvgIpc) is 2.31. The third-order valence-corrected chi connectivity index (χ3v) is 3.26. The average molecular weight is 270 g/mol.